The molecule has 0 radical (unpaired) electrons. The number of ketones is 1. The van der Waals surface area contributed by atoms with E-state index in [0.29, 0.717) is 40.7 Å². The van der Waals surface area contributed by atoms with Gasteiger partial charge in [0.25, 0.3) is 0 Å². The molecule has 0 saturated carbocycles. The van der Waals surface area contributed by atoms with Crippen molar-refractivity contribution in [2.24, 2.45) is 0 Å². The van der Waals surface area contributed by atoms with E-state index >= 15 is 0 Å². The standard InChI is InChI=1S/C38H32ClF2NO5/c1-2-46-38(44)23-8-6-22(7-9-23)37(43)30-14-11-24-16-33(30)42-34(24)20-45-21-35(42)29-5-3-4-28(29)31-17-26(39)12-15-36(31)47-19-25-10-13-27(40)18-32(25)41/h6-18,34-35H,2-5,19-21H2,1H3. The Kier molecular flexibility index (Phi) is 8.55. The quantitative estimate of drug-likeness (QED) is 0.133. The number of rotatable bonds is 9. The van der Waals surface area contributed by atoms with E-state index in [1.807, 2.05) is 18.2 Å². The third kappa shape index (κ3) is 5.92. The Bertz CT molecular complexity index is 1910. The Balaban J connectivity index is 1.21. The van der Waals surface area contributed by atoms with Gasteiger partial charge in [0.2, 0.25) is 0 Å². The van der Waals surface area contributed by atoms with Crippen molar-refractivity contribution in [3.8, 4) is 5.75 Å². The number of morpholine rings is 1. The van der Waals surface area contributed by atoms with E-state index in [2.05, 4.69) is 11.0 Å². The molecule has 4 aromatic rings. The lowest BCUT2D eigenvalue weighted by molar-refractivity contribution is 0.0526. The number of benzene rings is 4. The highest BCUT2D eigenvalue weighted by atomic mass is 35.5. The first-order valence-electron chi connectivity index (χ1n) is 15.7. The van der Waals surface area contributed by atoms with Crippen molar-refractivity contribution in [3.05, 3.63) is 134 Å². The van der Waals surface area contributed by atoms with Gasteiger partial charge in [-0.2, -0.15) is 0 Å². The van der Waals surface area contributed by atoms with E-state index < -0.39 is 17.6 Å². The molecule has 3 aliphatic rings. The number of anilines is 1. The number of hydrogen-bond acceptors (Lipinski definition) is 6. The number of carbonyl (C=O) groups excluding carboxylic acids is 2. The molecule has 0 spiro atoms. The molecule has 9 heteroatoms. The fourth-order valence-corrected chi connectivity index (χ4v) is 7.09. The van der Waals surface area contributed by atoms with E-state index in [-0.39, 0.29) is 36.6 Å². The molecular formula is C38H32ClF2NO5. The highest BCUT2D eigenvalue weighted by Gasteiger charge is 2.42. The summed E-state index contributed by atoms with van der Waals surface area (Å²) in [7, 11) is 0. The Labute approximate surface area is 276 Å². The molecule has 0 N–H and O–H groups in total. The maximum absolute atomic E-state index is 14.4. The minimum atomic E-state index is -0.664. The van der Waals surface area contributed by atoms with E-state index in [1.54, 1.807) is 43.3 Å². The number of allylic oxidation sites excluding steroid dienone is 1. The van der Waals surface area contributed by atoms with Crippen LogP contribution in [-0.2, 0) is 16.1 Å². The fraction of sp³-hybridized carbons (Fsp3) is 0.263. The average molecular weight is 656 g/mol. The highest BCUT2D eigenvalue weighted by Crippen LogP contribution is 2.49. The summed E-state index contributed by atoms with van der Waals surface area (Å²) in [4.78, 5) is 28.4. The molecule has 2 heterocycles. The minimum absolute atomic E-state index is 0.0395. The molecule has 1 saturated heterocycles. The van der Waals surface area contributed by atoms with E-state index in [0.717, 1.165) is 47.7 Å². The van der Waals surface area contributed by atoms with Crippen LogP contribution in [0.25, 0.3) is 5.57 Å². The first-order valence-corrected chi connectivity index (χ1v) is 16.1. The molecule has 7 rings (SSSR count). The maximum Gasteiger partial charge on any atom is 0.338 e. The second kappa shape index (κ2) is 12.9. The molecule has 1 fully saturated rings. The smallest absolute Gasteiger partial charge is 0.338 e. The Hall–Kier alpha value is -4.53. The zero-order chi connectivity index (χ0) is 32.7. The van der Waals surface area contributed by atoms with Gasteiger partial charge in [-0.3, -0.25) is 4.79 Å². The lowest BCUT2D eigenvalue weighted by Gasteiger charge is -2.41. The minimum Gasteiger partial charge on any atom is -0.488 e. The summed E-state index contributed by atoms with van der Waals surface area (Å²) in [5.41, 5.74) is 6.77. The molecule has 2 bridgehead atoms. The normalized spacial score (nSPS) is 18.3. The van der Waals surface area contributed by atoms with Crippen molar-refractivity contribution >= 4 is 34.6 Å². The Morgan fingerprint density at radius 3 is 2.49 bits per heavy atom. The van der Waals surface area contributed by atoms with Crippen molar-refractivity contribution in [3.63, 3.8) is 0 Å². The topological polar surface area (TPSA) is 65.1 Å². The Morgan fingerprint density at radius 1 is 0.915 bits per heavy atom. The molecule has 47 heavy (non-hydrogen) atoms. The number of esters is 1. The number of hydrogen-bond donors (Lipinski definition) is 0. The molecule has 6 nitrogen and oxygen atoms in total. The zero-order valence-electron chi connectivity index (χ0n) is 25.7. The summed E-state index contributed by atoms with van der Waals surface area (Å²) in [5.74, 6) is -1.30. The summed E-state index contributed by atoms with van der Waals surface area (Å²) < 4.78 is 45.3. The summed E-state index contributed by atoms with van der Waals surface area (Å²) >= 11 is 6.50. The van der Waals surface area contributed by atoms with E-state index in [9.17, 15) is 18.4 Å². The molecule has 0 aromatic heterocycles. The van der Waals surface area contributed by atoms with Gasteiger partial charge in [-0.1, -0.05) is 29.8 Å². The van der Waals surface area contributed by atoms with Gasteiger partial charge in [-0.05, 0) is 97.5 Å². The third-order valence-electron chi connectivity index (χ3n) is 9.14. The van der Waals surface area contributed by atoms with Gasteiger partial charge in [-0.15, -0.1) is 0 Å². The molecule has 2 atom stereocenters. The van der Waals surface area contributed by atoms with Crippen molar-refractivity contribution in [1.29, 1.82) is 0 Å². The fourth-order valence-electron chi connectivity index (χ4n) is 6.92. The first-order chi connectivity index (χ1) is 22.8. The van der Waals surface area contributed by atoms with Gasteiger partial charge in [0.1, 0.15) is 24.0 Å². The number of nitrogens with zero attached hydrogens (tertiary/aromatic N) is 1. The number of fused-ring (bicyclic) bond motifs is 5. The van der Waals surface area contributed by atoms with Crippen LogP contribution in [0.1, 0.15) is 75.2 Å². The van der Waals surface area contributed by atoms with Gasteiger partial charge < -0.3 is 19.1 Å². The molecule has 2 aliphatic heterocycles. The highest BCUT2D eigenvalue weighted by molar-refractivity contribution is 6.30. The third-order valence-corrected chi connectivity index (χ3v) is 9.37. The lowest BCUT2D eigenvalue weighted by atomic mass is 9.94. The Morgan fingerprint density at radius 2 is 1.70 bits per heavy atom. The van der Waals surface area contributed by atoms with Gasteiger partial charge in [0.05, 0.1) is 37.5 Å². The van der Waals surface area contributed by atoms with Crippen LogP contribution in [-0.4, -0.2) is 37.6 Å². The van der Waals surface area contributed by atoms with Crippen LogP contribution < -0.4 is 9.64 Å². The van der Waals surface area contributed by atoms with Gasteiger partial charge in [-0.25, -0.2) is 13.6 Å². The van der Waals surface area contributed by atoms with Crippen molar-refractivity contribution in [2.45, 2.75) is 44.9 Å². The summed E-state index contributed by atoms with van der Waals surface area (Å²) in [6, 6.07) is 21.2. The molecule has 1 aliphatic carbocycles. The summed E-state index contributed by atoms with van der Waals surface area (Å²) in [5, 5.41) is 0.548. The largest absolute Gasteiger partial charge is 0.488 e. The molecule has 2 unspecified atom stereocenters. The SMILES string of the molecule is CCOC(=O)c1ccc(C(=O)c2ccc3cc2N2C(C4=C(c5cc(Cl)ccc5OCc5ccc(F)cc5F)CCC4)COCC32)cc1. The molecule has 0 amide bonds. The molecular weight excluding hydrogens is 624 g/mol. The van der Waals surface area contributed by atoms with Crippen molar-refractivity contribution in [1.82, 2.24) is 0 Å². The van der Waals surface area contributed by atoms with Crippen molar-refractivity contribution < 1.29 is 32.6 Å². The molecule has 240 valence electrons. The van der Waals surface area contributed by atoms with Gasteiger partial charge >= 0.3 is 5.97 Å². The van der Waals surface area contributed by atoms with Gasteiger partial charge in [0.15, 0.2) is 5.78 Å². The zero-order valence-corrected chi connectivity index (χ0v) is 26.5. The second-order valence-corrected chi connectivity index (χ2v) is 12.3. The second-order valence-electron chi connectivity index (χ2n) is 11.9. The van der Waals surface area contributed by atoms with Crippen molar-refractivity contribution in [2.75, 3.05) is 24.7 Å². The monoisotopic (exact) mass is 655 g/mol. The number of carbonyl (C=O) groups is 2. The summed E-state index contributed by atoms with van der Waals surface area (Å²) in [6.07, 6.45) is 2.55. The van der Waals surface area contributed by atoms with E-state index in [4.69, 9.17) is 25.8 Å². The van der Waals surface area contributed by atoms with Crippen LogP contribution in [0.4, 0.5) is 14.5 Å². The van der Waals surface area contributed by atoms with Crippen LogP contribution in [0.15, 0.2) is 84.4 Å². The van der Waals surface area contributed by atoms with Crippen LogP contribution in [0.3, 0.4) is 0 Å². The first kappa shape index (κ1) is 31.1. The van der Waals surface area contributed by atoms with Crippen LogP contribution in [0, 0.1) is 11.6 Å². The molecule has 4 aromatic carbocycles. The van der Waals surface area contributed by atoms with Crippen LogP contribution >= 0.6 is 11.6 Å². The number of ether oxygens (including phenoxy) is 3. The van der Waals surface area contributed by atoms with Crippen LogP contribution in [0.5, 0.6) is 5.75 Å². The van der Waals surface area contributed by atoms with E-state index in [1.165, 1.54) is 17.7 Å². The van der Waals surface area contributed by atoms with Crippen LogP contribution in [0.2, 0.25) is 5.02 Å². The number of halogens is 3. The maximum atomic E-state index is 14.4. The predicted octanol–water partition coefficient (Wildman–Crippen LogP) is 8.50. The average Bonchev–Trinajstić information content (AvgIpc) is 3.68. The lowest BCUT2D eigenvalue weighted by Crippen LogP contribution is -2.47. The predicted molar refractivity (Wildman–Crippen MR) is 175 cm³/mol. The van der Waals surface area contributed by atoms with Gasteiger partial charge in [0, 0.05) is 39.0 Å². The summed E-state index contributed by atoms with van der Waals surface area (Å²) in [6.45, 7) is 2.91.